The van der Waals surface area contributed by atoms with Gasteiger partial charge in [0.25, 0.3) is 0 Å². The molecule has 0 aromatic rings. The lowest BCUT2D eigenvalue weighted by Crippen LogP contribution is -2.51. The van der Waals surface area contributed by atoms with Crippen LogP contribution in [0.3, 0.4) is 0 Å². The van der Waals surface area contributed by atoms with Gasteiger partial charge in [0.2, 0.25) is 11.8 Å². The number of amides is 2. The number of sulfone groups is 1. The zero-order valence-corrected chi connectivity index (χ0v) is 17.0. The Morgan fingerprint density at radius 1 is 1.24 bits per heavy atom. The molecule has 7 nitrogen and oxygen atoms in total. The average molecular weight is 374 g/mol. The molecule has 0 aliphatic carbocycles. The maximum atomic E-state index is 12.7. The van der Waals surface area contributed by atoms with Crippen molar-refractivity contribution in [3.05, 3.63) is 0 Å². The largest absolute Gasteiger partial charge is 0.340 e. The van der Waals surface area contributed by atoms with Crippen LogP contribution in [0.1, 0.15) is 40.5 Å². The first kappa shape index (κ1) is 20.2. The molecule has 2 heterocycles. The molecule has 0 saturated carbocycles. The van der Waals surface area contributed by atoms with E-state index in [-0.39, 0.29) is 29.9 Å². The molecule has 0 bridgehead atoms. The van der Waals surface area contributed by atoms with Crippen molar-refractivity contribution in [2.45, 2.75) is 63.4 Å². The zero-order valence-electron chi connectivity index (χ0n) is 16.2. The van der Waals surface area contributed by atoms with Crippen LogP contribution in [0, 0.1) is 0 Å². The maximum Gasteiger partial charge on any atom is 0.243 e. The second-order valence-corrected chi connectivity index (χ2v) is 10.6. The highest BCUT2D eigenvalue weighted by Crippen LogP contribution is 2.27. The number of hydrogen-bond donors (Lipinski definition) is 0. The van der Waals surface area contributed by atoms with Crippen LogP contribution in [0.15, 0.2) is 0 Å². The third-order valence-electron chi connectivity index (χ3n) is 5.80. The number of rotatable bonds is 5. The monoisotopic (exact) mass is 373 g/mol. The van der Waals surface area contributed by atoms with Gasteiger partial charge in [-0.3, -0.25) is 14.5 Å². The Labute approximate surface area is 151 Å². The van der Waals surface area contributed by atoms with Crippen molar-refractivity contribution in [3.63, 3.8) is 0 Å². The summed E-state index contributed by atoms with van der Waals surface area (Å²) in [5.41, 5.74) is 0. The fraction of sp³-hybridized carbons (Fsp3) is 0.882. The summed E-state index contributed by atoms with van der Waals surface area (Å²) < 4.78 is 22.4. The molecule has 144 valence electrons. The Bertz CT molecular complexity index is 644. The molecule has 25 heavy (non-hydrogen) atoms. The fourth-order valence-corrected chi connectivity index (χ4v) is 4.08. The lowest BCUT2D eigenvalue weighted by molar-refractivity contribution is -0.133. The van der Waals surface area contributed by atoms with Gasteiger partial charge in [0.05, 0.1) is 6.04 Å². The van der Waals surface area contributed by atoms with E-state index in [9.17, 15) is 18.0 Å². The van der Waals surface area contributed by atoms with Crippen LogP contribution >= 0.6 is 0 Å². The van der Waals surface area contributed by atoms with Crippen LogP contribution < -0.4 is 0 Å². The summed E-state index contributed by atoms with van der Waals surface area (Å²) >= 11 is 0. The minimum Gasteiger partial charge on any atom is -0.340 e. The van der Waals surface area contributed by atoms with Gasteiger partial charge in [0.1, 0.15) is 4.75 Å². The molecule has 2 fully saturated rings. The molecule has 0 N–H and O–H groups in total. The summed E-state index contributed by atoms with van der Waals surface area (Å²) in [7, 11) is -1.55. The van der Waals surface area contributed by atoms with Gasteiger partial charge >= 0.3 is 0 Å². The van der Waals surface area contributed by atoms with E-state index in [0.717, 1.165) is 25.6 Å². The molecule has 2 rings (SSSR count). The Balaban J connectivity index is 2.03. The van der Waals surface area contributed by atoms with Gasteiger partial charge < -0.3 is 9.80 Å². The molecule has 2 atom stereocenters. The van der Waals surface area contributed by atoms with Crippen molar-refractivity contribution in [1.82, 2.24) is 14.7 Å². The molecular formula is C17H31N3O4S. The summed E-state index contributed by atoms with van der Waals surface area (Å²) in [6.07, 6.45) is 2.66. The van der Waals surface area contributed by atoms with Gasteiger partial charge in [-0.2, -0.15) is 0 Å². The molecule has 0 spiro atoms. The van der Waals surface area contributed by atoms with Crippen LogP contribution in [0.4, 0.5) is 0 Å². The minimum absolute atomic E-state index is 0.0837. The van der Waals surface area contributed by atoms with Crippen LogP contribution in [0.5, 0.6) is 0 Å². The van der Waals surface area contributed by atoms with E-state index in [0.29, 0.717) is 13.1 Å². The smallest absolute Gasteiger partial charge is 0.243 e. The summed E-state index contributed by atoms with van der Waals surface area (Å²) in [6, 6.07) is 0.133. The van der Waals surface area contributed by atoms with Crippen LogP contribution in [0.25, 0.3) is 0 Å². The number of carbonyl (C=O) groups excluding carboxylic acids is 2. The van der Waals surface area contributed by atoms with Crippen molar-refractivity contribution < 1.29 is 18.0 Å². The Morgan fingerprint density at radius 2 is 1.84 bits per heavy atom. The zero-order chi connectivity index (χ0) is 19.2. The minimum atomic E-state index is -3.48. The van der Waals surface area contributed by atoms with Gasteiger partial charge in [-0.05, 0) is 47.6 Å². The van der Waals surface area contributed by atoms with Crippen molar-refractivity contribution in [1.29, 1.82) is 0 Å². The number of likely N-dealkylation sites (tertiary alicyclic amines) is 2. The lowest BCUT2D eigenvalue weighted by atomic mass is 10.1. The lowest BCUT2D eigenvalue weighted by Gasteiger charge is -2.31. The average Bonchev–Trinajstić information content (AvgIpc) is 3.11. The van der Waals surface area contributed by atoms with Gasteiger partial charge in [-0.15, -0.1) is 0 Å². The SMILES string of the molecule is CC(C)N1CCC(N(C)C2CCN(C(=O)C(C)(C)S(C)(=O)=O)C2)C1=O. The molecule has 2 saturated heterocycles. The van der Waals surface area contributed by atoms with E-state index in [4.69, 9.17) is 0 Å². The molecule has 2 unspecified atom stereocenters. The molecular weight excluding hydrogens is 342 g/mol. The fourth-order valence-electron chi connectivity index (χ4n) is 3.63. The Morgan fingerprint density at radius 3 is 2.32 bits per heavy atom. The highest BCUT2D eigenvalue weighted by molar-refractivity contribution is 7.92. The van der Waals surface area contributed by atoms with Gasteiger partial charge in [0, 0.05) is 38.0 Å². The summed E-state index contributed by atoms with van der Waals surface area (Å²) in [5, 5.41) is 0. The second kappa shape index (κ2) is 6.87. The number of likely N-dealkylation sites (N-methyl/N-ethyl adjacent to an activating group) is 1. The van der Waals surface area contributed by atoms with Crippen LogP contribution in [-0.2, 0) is 19.4 Å². The van der Waals surface area contributed by atoms with E-state index in [1.54, 1.807) is 4.90 Å². The van der Waals surface area contributed by atoms with Crippen molar-refractivity contribution in [3.8, 4) is 0 Å². The molecule has 0 aromatic heterocycles. The number of carbonyl (C=O) groups is 2. The highest BCUT2D eigenvalue weighted by atomic mass is 32.2. The first-order chi connectivity index (χ1) is 11.4. The summed E-state index contributed by atoms with van der Waals surface area (Å²) in [5.74, 6) is -0.203. The first-order valence-corrected chi connectivity index (χ1v) is 10.8. The standard InChI is InChI=1S/C17H31N3O4S/c1-12(2)20-10-8-14(15(20)21)18(5)13-7-9-19(11-13)16(22)17(3,4)25(6,23)24/h12-14H,7-11H2,1-6H3. The quantitative estimate of drug-likeness (QED) is 0.695. The van der Waals surface area contributed by atoms with Crippen molar-refractivity contribution in [2.75, 3.05) is 32.9 Å². The Hall–Kier alpha value is -1.15. The van der Waals surface area contributed by atoms with Gasteiger partial charge in [-0.1, -0.05) is 0 Å². The third-order valence-corrected chi connectivity index (χ3v) is 7.82. The van der Waals surface area contributed by atoms with E-state index < -0.39 is 14.6 Å². The molecule has 0 radical (unpaired) electrons. The second-order valence-electron chi connectivity index (χ2n) is 8.07. The summed E-state index contributed by atoms with van der Waals surface area (Å²) in [6.45, 7) is 8.72. The van der Waals surface area contributed by atoms with Crippen molar-refractivity contribution in [2.24, 2.45) is 0 Å². The number of hydrogen-bond acceptors (Lipinski definition) is 5. The van der Waals surface area contributed by atoms with E-state index >= 15 is 0 Å². The molecule has 2 amide bonds. The predicted octanol–water partition coefficient (Wildman–Crippen LogP) is 0.352. The van der Waals surface area contributed by atoms with E-state index in [2.05, 4.69) is 4.90 Å². The number of nitrogens with zero attached hydrogens (tertiary/aromatic N) is 3. The first-order valence-electron chi connectivity index (χ1n) is 8.89. The third kappa shape index (κ3) is 3.69. The van der Waals surface area contributed by atoms with Gasteiger partial charge in [-0.25, -0.2) is 8.42 Å². The molecule has 0 aromatic carbocycles. The normalized spacial score (nSPS) is 25.5. The Kier molecular flexibility index (Phi) is 5.54. The topological polar surface area (TPSA) is 78.0 Å². The maximum absolute atomic E-state index is 12.7. The highest BCUT2D eigenvalue weighted by Gasteiger charge is 2.45. The molecule has 2 aliphatic rings. The molecule has 2 aliphatic heterocycles. The van der Waals surface area contributed by atoms with E-state index in [1.165, 1.54) is 13.8 Å². The van der Waals surface area contributed by atoms with E-state index in [1.807, 2.05) is 25.8 Å². The van der Waals surface area contributed by atoms with Crippen LogP contribution in [0.2, 0.25) is 0 Å². The van der Waals surface area contributed by atoms with Gasteiger partial charge in [0.15, 0.2) is 9.84 Å². The summed E-state index contributed by atoms with van der Waals surface area (Å²) in [4.78, 5) is 30.8. The van der Waals surface area contributed by atoms with Crippen molar-refractivity contribution >= 4 is 21.7 Å². The van der Waals surface area contributed by atoms with Crippen LogP contribution in [-0.4, -0.2) is 90.7 Å². The molecule has 8 heteroatoms. The predicted molar refractivity (Wildman–Crippen MR) is 96.9 cm³/mol.